The van der Waals surface area contributed by atoms with E-state index in [-0.39, 0.29) is 0 Å². The summed E-state index contributed by atoms with van der Waals surface area (Å²) in [5.74, 6) is 0. The highest BCUT2D eigenvalue weighted by molar-refractivity contribution is 7.11. The molecule has 3 rings (SSSR count). The number of hydrogen-bond acceptors (Lipinski definition) is 4. The fraction of sp³-hybridized carbons (Fsp3) is 0.250. The van der Waals surface area contributed by atoms with E-state index >= 15 is 0 Å². The van der Waals surface area contributed by atoms with Crippen LogP contribution in [0.1, 0.15) is 28.3 Å². The number of aromatic nitrogens is 2. The molecular formula is C16H16N2OS. The molecule has 2 heterocycles. The Balaban J connectivity index is 1.82. The molecule has 0 spiro atoms. The van der Waals surface area contributed by atoms with Crippen LogP contribution in [0.2, 0.25) is 0 Å². The summed E-state index contributed by atoms with van der Waals surface area (Å²) in [6, 6.07) is 10.00. The molecule has 0 saturated heterocycles. The normalized spacial score (nSPS) is 12.7. The van der Waals surface area contributed by atoms with E-state index in [1.807, 2.05) is 18.2 Å². The van der Waals surface area contributed by atoms with E-state index in [0.717, 1.165) is 23.0 Å². The van der Waals surface area contributed by atoms with Crippen LogP contribution in [0.3, 0.4) is 0 Å². The second kappa shape index (κ2) is 5.69. The van der Waals surface area contributed by atoms with Crippen molar-refractivity contribution >= 4 is 22.4 Å². The molecule has 20 heavy (non-hydrogen) atoms. The van der Waals surface area contributed by atoms with Crippen molar-refractivity contribution in [3.63, 3.8) is 0 Å². The van der Waals surface area contributed by atoms with Crippen molar-refractivity contribution in [1.82, 2.24) is 9.97 Å². The lowest BCUT2D eigenvalue weighted by atomic mass is 10.1. The number of nitrogens with zero attached hydrogens (tertiary/aromatic N) is 2. The molecule has 2 aromatic heterocycles. The number of benzene rings is 1. The van der Waals surface area contributed by atoms with Crippen LogP contribution in [0.4, 0.5) is 0 Å². The molecule has 0 aliphatic carbocycles. The molecule has 0 bridgehead atoms. The van der Waals surface area contributed by atoms with Gasteiger partial charge in [-0.3, -0.25) is 9.97 Å². The Morgan fingerprint density at radius 3 is 2.55 bits per heavy atom. The molecule has 1 N–H and O–H groups in total. The lowest BCUT2D eigenvalue weighted by molar-refractivity contribution is 0.179. The standard InChI is InChI=1S/C16H16N2OS/c1-2-12-4-5-13(20-12)10-16(19)11-3-6-14-15(9-11)18-8-7-17-14/h3-9,16,19H,2,10H2,1H3. The summed E-state index contributed by atoms with van der Waals surface area (Å²) in [6.07, 6.45) is 4.55. The average Bonchev–Trinajstić information content (AvgIpc) is 2.94. The minimum atomic E-state index is -0.496. The van der Waals surface area contributed by atoms with Crippen LogP contribution < -0.4 is 0 Å². The van der Waals surface area contributed by atoms with Crippen molar-refractivity contribution in [2.24, 2.45) is 0 Å². The molecule has 1 unspecified atom stereocenters. The fourth-order valence-corrected chi connectivity index (χ4v) is 3.21. The number of hydrogen-bond donors (Lipinski definition) is 1. The Morgan fingerprint density at radius 1 is 1.05 bits per heavy atom. The minimum absolute atomic E-state index is 0.496. The quantitative estimate of drug-likeness (QED) is 0.797. The molecule has 0 radical (unpaired) electrons. The van der Waals surface area contributed by atoms with Gasteiger partial charge in [-0.2, -0.15) is 0 Å². The largest absolute Gasteiger partial charge is 0.388 e. The van der Waals surface area contributed by atoms with Crippen LogP contribution in [-0.4, -0.2) is 15.1 Å². The number of rotatable bonds is 4. The van der Waals surface area contributed by atoms with Gasteiger partial charge in [0.1, 0.15) is 0 Å². The topological polar surface area (TPSA) is 46.0 Å². The van der Waals surface area contributed by atoms with Crippen molar-refractivity contribution in [3.05, 3.63) is 58.0 Å². The zero-order valence-corrected chi connectivity index (χ0v) is 12.1. The number of thiophene rings is 1. The Labute approximate surface area is 122 Å². The van der Waals surface area contributed by atoms with Crippen LogP contribution in [0.15, 0.2) is 42.7 Å². The first-order valence-corrected chi connectivity index (χ1v) is 7.54. The molecule has 1 atom stereocenters. The van der Waals surface area contributed by atoms with E-state index in [0.29, 0.717) is 6.42 Å². The monoisotopic (exact) mass is 284 g/mol. The Hall–Kier alpha value is -1.78. The molecule has 0 fully saturated rings. The summed E-state index contributed by atoms with van der Waals surface area (Å²) in [7, 11) is 0. The molecule has 4 heteroatoms. The third kappa shape index (κ3) is 2.71. The van der Waals surface area contributed by atoms with E-state index < -0.39 is 6.10 Å². The Bertz CT molecular complexity index is 723. The van der Waals surface area contributed by atoms with Gasteiger partial charge in [0.25, 0.3) is 0 Å². The number of aliphatic hydroxyl groups excluding tert-OH is 1. The van der Waals surface area contributed by atoms with Crippen LogP contribution >= 0.6 is 11.3 Å². The van der Waals surface area contributed by atoms with Gasteiger partial charge in [-0.15, -0.1) is 11.3 Å². The van der Waals surface area contributed by atoms with Gasteiger partial charge >= 0.3 is 0 Å². The fourth-order valence-electron chi connectivity index (χ4n) is 2.22. The first-order valence-electron chi connectivity index (χ1n) is 6.72. The van der Waals surface area contributed by atoms with Gasteiger partial charge in [0, 0.05) is 28.6 Å². The summed E-state index contributed by atoms with van der Waals surface area (Å²) in [4.78, 5) is 11.1. The van der Waals surface area contributed by atoms with Gasteiger partial charge in [-0.1, -0.05) is 13.0 Å². The van der Waals surface area contributed by atoms with Crippen LogP contribution in [0.25, 0.3) is 11.0 Å². The second-order valence-electron chi connectivity index (χ2n) is 4.75. The van der Waals surface area contributed by atoms with Gasteiger partial charge in [-0.05, 0) is 36.2 Å². The maximum atomic E-state index is 10.4. The van der Waals surface area contributed by atoms with Crippen molar-refractivity contribution in [2.45, 2.75) is 25.9 Å². The Morgan fingerprint density at radius 2 is 1.80 bits per heavy atom. The smallest absolute Gasteiger partial charge is 0.0890 e. The molecular weight excluding hydrogens is 268 g/mol. The SMILES string of the molecule is CCc1ccc(CC(O)c2ccc3nccnc3c2)s1. The predicted molar refractivity (Wildman–Crippen MR) is 81.9 cm³/mol. The van der Waals surface area contributed by atoms with E-state index in [2.05, 4.69) is 29.0 Å². The summed E-state index contributed by atoms with van der Waals surface area (Å²) < 4.78 is 0. The molecule has 3 aromatic rings. The third-order valence-electron chi connectivity index (χ3n) is 3.34. The highest BCUT2D eigenvalue weighted by Gasteiger charge is 2.11. The maximum absolute atomic E-state index is 10.4. The van der Waals surface area contributed by atoms with E-state index in [9.17, 15) is 5.11 Å². The van der Waals surface area contributed by atoms with Gasteiger partial charge in [-0.25, -0.2) is 0 Å². The van der Waals surface area contributed by atoms with E-state index in [4.69, 9.17) is 0 Å². The van der Waals surface area contributed by atoms with Crippen molar-refractivity contribution < 1.29 is 5.11 Å². The minimum Gasteiger partial charge on any atom is -0.388 e. The third-order valence-corrected chi connectivity index (χ3v) is 4.59. The molecule has 0 aliphatic heterocycles. The summed E-state index contributed by atoms with van der Waals surface area (Å²) >= 11 is 1.77. The van der Waals surface area contributed by atoms with E-state index in [1.54, 1.807) is 23.7 Å². The summed E-state index contributed by atoms with van der Waals surface area (Å²) in [5.41, 5.74) is 2.57. The van der Waals surface area contributed by atoms with Crippen LogP contribution in [-0.2, 0) is 12.8 Å². The highest BCUT2D eigenvalue weighted by Crippen LogP contribution is 2.25. The maximum Gasteiger partial charge on any atom is 0.0890 e. The van der Waals surface area contributed by atoms with Crippen LogP contribution in [0, 0.1) is 0 Å². The highest BCUT2D eigenvalue weighted by atomic mass is 32.1. The lowest BCUT2D eigenvalue weighted by Gasteiger charge is -2.10. The summed E-state index contributed by atoms with van der Waals surface area (Å²) in [5, 5.41) is 10.4. The number of aryl methyl sites for hydroxylation is 1. The number of aliphatic hydroxyl groups is 1. The molecule has 0 aliphatic rings. The average molecular weight is 284 g/mol. The second-order valence-corrected chi connectivity index (χ2v) is 6.00. The van der Waals surface area contributed by atoms with Crippen molar-refractivity contribution in [1.29, 1.82) is 0 Å². The van der Waals surface area contributed by atoms with Gasteiger partial charge < -0.3 is 5.11 Å². The van der Waals surface area contributed by atoms with Gasteiger partial charge in [0.05, 0.1) is 17.1 Å². The van der Waals surface area contributed by atoms with Crippen LogP contribution in [0.5, 0.6) is 0 Å². The van der Waals surface area contributed by atoms with Gasteiger partial charge in [0.2, 0.25) is 0 Å². The zero-order chi connectivity index (χ0) is 13.9. The molecule has 0 saturated carbocycles. The van der Waals surface area contributed by atoms with Crippen molar-refractivity contribution in [2.75, 3.05) is 0 Å². The zero-order valence-electron chi connectivity index (χ0n) is 11.3. The molecule has 102 valence electrons. The van der Waals surface area contributed by atoms with E-state index in [1.165, 1.54) is 9.75 Å². The lowest BCUT2D eigenvalue weighted by Crippen LogP contribution is -2.00. The number of fused-ring (bicyclic) bond motifs is 1. The molecule has 0 amide bonds. The first-order chi connectivity index (χ1) is 9.76. The Kier molecular flexibility index (Phi) is 3.76. The molecule has 3 nitrogen and oxygen atoms in total. The molecule has 1 aromatic carbocycles. The first kappa shape index (κ1) is 13.2. The van der Waals surface area contributed by atoms with Gasteiger partial charge in [0.15, 0.2) is 0 Å². The predicted octanol–water partition coefficient (Wildman–Crippen LogP) is 3.53. The summed E-state index contributed by atoms with van der Waals surface area (Å²) in [6.45, 7) is 2.15. The van der Waals surface area contributed by atoms with Crippen molar-refractivity contribution in [3.8, 4) is 0 Å².